The van der Waals surface area contributed by atoms with Crippen molar-refractivity contribution < 1.29 is 0 Å². The van der Waals surface area contributed by atoms with Gasteiger partial charge in [0.15, 0.2) is 0 Å². The molecule has 0 spiro atoms. The predicted molar refractivity (Wildman–Crippen MR) is 114 cm³/mol. The highest BCUT2D eigenvalue weighted by Crippen LogP contribution is 2.59. The Bertz CT molecular complexity index is 1070. The van der Waals surface area contributed by atoms with Gasteiger partial charge in [0.1, 0.15) is 0 Å². The Morgan fingerprint density at radius 2 is 1.40 bits per heavy atom. The molecule has 0 unspecified atom stereocenters. The third-order valence-corrected chi connectivity index (χ3v) is 8.57. The molecular weight excluding hydrogens is 360 g/mol. The van der Waals surface area contributed by atoms with Gasteiger partial charge in [0.2, 0.25) is 0 Å². The number of fused-ring (bicyclic) bond motifs is 2. The van der Waals surface area contributed by atoms with E-state index < -0.39 is 0 Å². The fraction of sp³-hybridized carbons (Fsp3) is 0. The van der Waals surface area contributed by atoms with Crippen LogP contribution in [-0.2, 0) is 0 Å². The monoisotopic (exact) mass is 374 g/mol. The van der Waals surface area contributed by atoms with Crippen molar-refractivity contribution in [2.24, 2.45) is 0 Å². The van der Waals surface area contributed by atoms with Gasteiger partial charge in [-0.1, -0.05) is 78.9 Å². The quantitative estimate of drug-likeness (QED) is 0.327. The maximum Gasteiger partial charge on any atom is 0.0415 e. The zero-order valence-corrected chi connectivity index (χ0v) is 15.8. The number of hydrogen-bond acceptors (Lipinski definition) is 3. The second-order valence-electron chi connectivity index (χ2n) is 5.94. The molecule has 0 nitrogen and oxygen atoms in total. The molecule has 0 fully saturated rings. The third kappa shape index (κ3) is 2.67. The molecule has 1 heterocycles. The summed E-state index contributed by atoms with van der Waals surface area (Å²) in [6.07, 6.45) is 0. The summed E-state index contributed by atoms with van der Waals surface area (Å²) < 4.78 is 0. The molecule has 0 aliphatic carbocycles. The number of rotatable bonds is 2. The van der Waals surface area contributed by atoms with Crippen LogP contribution < -0.4 is 0 Å². The highest BCUT2D eigenvalue weighted by atomic mass is 33.5. The van der Waals surface area contributed by atoms with Crippen LogP contribution in [0.15, 0.2) is 94.7 Å². The maximum atomic E-state index is 2.27. The molecule has 0 radical (unpaired) electrons. The van der Waals surface area contributed by atoms with Crippen LogP contribution in [0, 0.1) is 0 Å². The Hall–Kier alpha value is -1.81. The van der Waals surface area contributed by atoms with E-state index in [-0.39, 0.29) is 0 Å². The first-order chi connectivity index (χ1) is 12.4. The Morgan fingerprint density at radius 3 is 2.32 bits per heavy atom. The van der Waals surface area contributed by atoms with Crippen LogP contribution in [0.5, 0.6) is 0 Å². The molecule has 0 N–H and O–H groups in total. The Labute approximate surface area is 158 Å². The highest BCUT2D eigenvalue weighted by Gasteiger charge is 2.21. The van der Waals surface area contributed by atoms with Gasteiger partial charge >= 0.3 is 0 Å². The summed E-state index contributed by atoms with van der Waals surface area (Å²) in [5.41, 5.74) is 5.26. The van der Waals surface area contributed by atoms with E-state index in [2.05, 4.69) is 84.9 Å². The largest absolute Gasteiger partial charge is 0.0622 e. The summed E-state index contributed by atoms with van der Waals surface area (Å²) >= 11 is 0. The van der Waals surface area contributed by atoms with Gasteiger partial charge in [-0.05, 0) is 70.5 Å². The van der Waals surface area contributed by atoms with Crippen molar-refractivity contribution in [1.82, 2.24) is 0 Å². The minimum Gasteiger partial charge on any atom is -0.0622 e. The van der Waals surface area contributed by atoms with Crippen LogP contribution in [0.4, 0.5) is 0 Å². The molecule has 0 amide bonds. The molecule has 0 aromatic heterocycles. The van der Waals surface area contributed by atoms with Crippen molar-refractivity contribution in [2.75, 3.05) is 0 Å². The lowest BCUT2D eigenvalue weighted by atomic mass is 9.90. The molecule has 25 heavy (non-hydrogen) atoms. The zero-order chi connectivity index (χ0) is 16.6. The normalized spacial score (nSPS) is 13.1. The fourth-order valence-corrected chi connectivity index (χ4v) is 7.90. The third-order valence-electron chi connectivity index (χ3n) is 4.50. The van der Waals surface area contributed by atoms with Gasteiger partial charge < -0.3 is 0 Å². The molecule has 120 valence electrons. The Kier molecular flexibility index (Phi) is 4.01. The fourth-order valence-electron chi connectivity index (χ4n) is 3.37. The maximum absolute atomic E-state index is 2.27. The van der Waals surface area contributed by atoms with E-state index in [1.807, 2.05) is 31.4 Å². The summed E-state index contributed by atoms with van der Waals surface area (Å²) in [6.45, 7) is 0. The topological polar surface area (TPSA) is 0 Å². The molecule has 0 bridgehead atoms. The van der Waals surface area contributed by atoms with E-state index in [1.54, 1.807) is 0 Å². The van der Waals surface area contributed by atoms with Gasteiger partial charge in [-0.2, -0.15) is 0 Å². The number of hydrogen-bond donors (Lipinski definition) is 0. The van der Waals surface area contributed by atoms with Crippen molar-refractivity contribution in [3.05, 3.63) is 84.9 Å². The summed E-state index contributed by atoms with van der Waals surface area (Å²) in [6, 6.07) is 30.6. The van der Waals surface area contributed by atoms with Gasteiger partial charge in [-0.15, -0.1) is 0 Å². The summed E-state index contributed by atoms with van der Waals surface area (Å²) in [5, 5.41) is 2.61. The molecule has 5 rings (SSSR count). The average molecular weight is 375 g/mol. The van der Waals surface area contributed by atoms with E-state index in [9.17, 15) is 0 Å². The zero-order valence-electron chi connectivity index (χ0n) is 13.3. The Balaban J connectivity index is 1.89. The molecule has 4 aromatic carbocycles. The van der Waals surface area contributed by atoms with Gasteiger partial charge in [0, 0.05) is 9.79 Å². The molecule has 4 aromatic rings. The Morgan fingerprint density at radius 1 is 0.560 bits per heavy atom. The van der Waals surface area contributed by atoms with Crippen LogP contribution in [0.3, 0.4) is 0 Å². The van der Waals surface area contributed by atoms with Crippen LogP contribution >= 0.6 is 31.4 Å². The van der Waals surface area contributed by atoms with E-state index in [4.69, 9.17) is 0 Å². The lowest BCUT2D eigenvalue weighted by Gasteiger charge is -2.16. The van der Waals surface area contributed by atoms with E-state index in [1.165, 1.54) is 42.8 Å². The molecule has 0 saturated heterocycles. The van der Waals surface area contributed by atoms with Gasteiger partial charge in [0.25, 0.3) is 0 Å². The van der Waals surface area contributed by atoms with Crippen molar-refractivity contribution in [3.8, 4) is 22.3 Å². The van der Waals surface area contributed by atoms with E-state index in [0.717, 1.165) is 0 Å². The SMILES string of the molecule is c1ccc(-c2ccc3ccccc3c2-c2cccc3c2SSS3)cc1. The molecule has 3 heteroatoms. The number of benzene rings is 4. The predicted octanol–water partition coefficient (Wildman–Crippen LogP) is 7.93. The van der Waals surface area contributed by atoms with Crippen molar-refractivity contribution in [3.63, 3.8) is 0 Å². The lowest BCUT2D eigenvalue weighted by Crippen LogP contribution is -1.90. The van der Waals surface area contributed by atoms with E-state index >= 15 is 0 Å². The molecule has 1 aliphatic heterocycles. The second kappa shape index (κ2) is 6.49. The van der Waals surface area contributed by atoms with Gasteiger partial charge in [0.05, 0.1) is 0 Å². The average Bonchev–Trinajstić information content (AvgIpc) is 3.17. The van der Waals surface area contributed by atoms with E-state index in [0.29, 0.717) is 0 Å². The highest BCUT2D eigenvalue weighted by molar-refractivity contribution is 9.10. The van der Waals surface area contributed by atoms with Crippen LogP contribution in [0.1, 0.15) is 0 Å². The van der Waals surface area contributed by atoms with Gasteiger partial charge in [-0.3, -0.25) is 0 Å². The van der Waals surface area contributed by atoms with Gasteiger partial charge in [-0.25, -0.2) is 0 Å². The minimum atomic E-state index is 1.27. The van der Waals surface area contributed by atoms with Crippen molar-refractivity contribution >= 4 is 42.2 Å². The molecule has 0 saturated carbocycles. The van der Waals surface area contributed by atoms with Crippen LogP contribution in [0.2, 0.25) is 0 Å². The molecule has 1 aliphatic rings. The molecule has 0 atom stereocenters. The summed E-state index contributed by atoms with van der Waals surface area (Å²) in [5.74, 6) is 0. The standard InChI is InChI=1S/C22H14S3/c1-2-7-15(8-3-1)18-14-13-16-9-4-5-10-17(16)21(18)19-11-6-12-20-22(19)24-25-23-20/h1-14H. The van der Waals surface area contributed by atoms with Crippen molar-refractivity contribution in [2.45, 2.75) is 9.79 Å². The minimum absolute atomic E-state index is 1.27. The summed E-state index contributed by atoms with van der Waals surface area (Å²) in [7, 11) is 5.60. The van der Waals surface area contributed by atoms with Crippen LogP contribution in [0.25, 0.3) is 33.0 Å². The summed E-state index contributed by atoms with van der Waals surface area (Å²) in [4.78, 5) is 2.77. The first-order valence-corrected chi connectivity index (χ1v) is 11.6. The smallest absolute Gasteiger partial charge is 0.0415 e. The first kappa shape index (κ1) is 15.4. The second-order valence-corrected chi connectivity index (χ2v) is 9.89. The van der Waals surface area contributed by atoms with Crippen LogP contribution in [-0.4, -0.2) is 0 Å². The first-order valence-electron chi connectivity index (χ1n) is 8.13. The van der Waals surface area contributed by atoms with Crippen molar-refractivity contribution in [1.29, 1.82) is 0 Å². The lowest BCUT2D eigenvalue weighted by molar-refractivity contribution is 1.27. The molecular formula is C22H14S3.